The van der Waals surface area contributed by atoms with E-state index in [4.69, 9.17) is 4.74 Å². The molecule has 1 aliphatic heterocycles. The molecule has 0 N–H and O–H groups in total. The van der Waals surface area contributed by atoms with Gasteiger partial charge in [-0.2, -0.15) is 0 Å². The lowest BCUT2D eigenvalue weighted by atomic mass is 9.90. The van der Waals surface area contributed by atoms with Gasteiger partial charge in [0.25, 0.3) is 0 Å². The van der Waals surface area contributed by atoms with Crippen LogP contribution in [0.25, 0.3) is 0 Å². The number of anilines is 2. The average Bonchev–Trinajstić information content (AvgIpc) is 2.96. The highest BCUT2D eigenvalue weighted by Gasteiger charge is 2.37. The smallest absolute Gasteiger partial charge is 0.308 e. The molecule has 7 heteroatoms. The molecule has 1 atom stereocenters. The molecule has 27 heavy (non-hydrogen) atoms. The molecular formula is C20H17BrN2O3S. The minimum absolute atomic E-state index is 0.0361. The van der Waals surface area contributed by atoms with Gasteiger partial charge in [-0.1, -0.05) is 39.4 Å². The SMILES string of the molecule is COc1ccc(N2C(=O)C[C@@H](c3cccc(Br)c3)c3sc(=O)n(C)c32)cc1. The van der Waals surface area contributed by atoms with E-state index in [-0.39, 0.29) is 16.7 Å². The Hall–Kier alpha value is -2.38. The van der Waals surface area contributed by atoms with Crippen molar-refractivity contribution in [3.8, 4) is 5.75 Å². The number of fused-ring (bicyclic) bond motifs is 1. The molecule has 0 saturated heterocycles. The Morgan fingerprint density at radius 1 is 1.15 bits per heavy atom. The summed E-state index contributed by atoms with van der Waals surface area (Å²) in [5, 5.41) is 0. The number of hydrogen-bond acceptors (Lipinski definition) is 4. The van der Waals surface area contributed by atoms with E-state index in [9.17, 15) is 9.59 Å². The van der Waals surface area contributed by atoms with Gasteiger partial charge in [0.15, 0.2) is 0 Å². The fourth-order valence-corrected chi connectivity index (χ4v) is 4.92. The van der Waals surface area contributed by atoms with E-state index in [0.29, 0.717) is 12.2 Å². The van der Waals surface area contributed by atoms with Crippen molar-refractivity contribution in [3.63, 3.8) is 0 Å². The molecule has 0 aliphatic carbocycles. The Labute approximate surface area is 168 Å². The lowest BCUT2D eigenvalue weighted by molar-refractivity contribution is -0.118. The van der Waals surface area contributed by atoms with E-state index in [2.05, 4.69) is 15.9 Å². The van der Waals surface area contributed by atoms with Crippen LogP contribution in [0.2, 0.25) is 0 Å². The minimum Gasteiger partial charge on any atom is -0.497 e. The van der Waals surface area contributed by atoms with Gasteiger partial charge in [-0.25, -0.2) is 0 Å². The molecule has 0 fully saturated rings. The molecule has 5 nitrogen and oxygen atoms in total. The molecule has 3 aromatic rings. The second-order valence-corrected chi connectivity index (χ2v) is 8.26. The molecular weight excluding hydrogens is 428 g/mol. The highest BCUT2D eigenvalue weighted by atomic mass is 79.9. The highest BCUT2D eigenvalue weighted by molar-refractivity contribution is 9.10. The largest absolute Gasteiger partial charge is 0.497 e. The number of ether oxygens (including phenoxy) is 1. The first-order valence-electron chi connectivity index (χ1n) is 8.41. The van der Waals surface area contributed by atoms with Crippen molar-refractivity contribution >= 4 is 44.7 Å². The van der Waals surface area contributed by atoms with Gasteiger partial charge in [0.2, 0.25) is 5.91 Å². The van der Waals surface area contributed by atoms with Crippen molar-refractivity contribution in [2.45, 2.75) is 12.3 Å². The third-order valence-electron chi connectivity index (χ3n) is 4.75. The van der Waals surface area contributed by atoms with Crippen molar-refractivity contribution in [2.24, 2.45) is 7.05 Å². The summed E-state index contributed by atoms with van der Waals surface area (Å²) in [5.41, 5.74) is 1.75. The summed E-state index contributed by atoms with van der Waals surface area (Å²) in [6.45, 7) is 0. The van der Waals surface area contributed by atoms with Gasteiger partial charge in [0.05, 0.1) is 17.7 Å². The maximum atomic E-state index is 13.1. The molecule has 0 unspecified atom stereocenters. The molecule has 1 aromatic heterocycles. The van der Waals surface area contributed by atoms with E-state index < -0.39 is 0 Å². The fraction of sp³-hybridized carbons (Fsp3) is 0.200. The molecule has 2 heterocycles. The van der Waals surface area contributed by atoms with Crippen LogP contribution in [0, 0.1) is 0 Å². The van der Waals surface area contributed by atoms with Crippen LogP contribution in [0.5, 0.6) is 5.75 Å². The zero-order chi connectivity index (χ0) is 19.1. The number of amides is 1. The predicted molar refractivity (Wildman–Crippen MR) is 110 cm³/mol. The van der Waals surface area contributed by atoms with Crippen LogP contribution in [-0.2, 0) is 11.8 Å². The molecule has 1 amide bonds. The maximum Gasteiger partial charge on any atom is 0.308 e. The summed E-state index contributed by atoms with van der Waals surface area (Å²) in [6.07, 6.45) is 0.315. The number of rotatable bonds is 3. The van der Waals surface area contributed by atoms with Crippen LogP contribution < -0.4 is 14.5 Å². The number of hydrogen-bond donors (Lipinski definition) is 0. The van der Waals surface area contributed by atoms with Gasteiger partial charge in [-0.05, 0) is 42.0 Å². The van der Waals surface area contributed by atoms with E-state index in [0.717, 1.165) is 26.4 Å². The van der Waals surface area contributed by atoms with Gasteiger partial charge in [-0.15, -0.1) is 0 Å². The summed E-state index contributed by atoms with van der Waals surface area (Å²) >= 11 is 4.70. The summed E-state index contributed by atoms with van der Waals surface area (Å²) in [6, 6.07) is 15.2. The Balaban J connectivity index is 1.86. The molecule has 0 saturated carbocycles. The zero-order valence-corrected chi connectivity index (χ0v) is 17.2. The third kappa shape index (κ3) is 3.11. The highest BCUT2D eigenvalue weighted by Crippen LogP contribution is 2.44. The predicted octanol–water partition coefficient (Wildman–Crippen LogP) is 4.42. The first kappa shape index (κ1) is 18.0. The van der Waals surface area contributed by atoms with Gasteiger partial charge >= 0.3 is 4.87 Å². The van der Waals surface area contributed by atoms with Gasteiger partial charge in [0.1, 0.15) is 11.6 Å². The molecule has 0 spiro atoms. The lowest BCUT2D eigenvalue weighted by Gasteiger charge is -2.32. The molecule has 0 radical (unpaired) electrons. The second kappa shape index (κ2) is 6.98. The Morgan fingerprint density at radius 3 is 2.56 bits per heavy atom. The van der Waals surface area contributed by atoms with E-state index in [1.54, 1.807) is 23.6 Å². The topological polar surface area (TPSA) is 51.5 Å². The zero-order valence-electron chi connectivity index (χ0n) is 14.8. The quantitative estimate of drug-likeness (QED) is 0.600. The summed E-state index contributed by atoms with van der Waals surface area (Å²) in [7, 11) is 3.31. The number of carbonyl (C=O) groups excluding carboxylic acids is 1. The van der Waals surface area contributed by atoms with Gasteiger partial charge in [0, 0.05) is 23.9 Å². The van der Waals surface area contributed by atoms with E-state index in [1.807, 2.05) is 48.5 Å². The number of carbonyl (C=O) groups is 1. The van der Waals surface area contributed by atoms with E-state index >= 15 is 0 Å². The summed E-state index contributed by atoms with van der Waals surface area (Å²) in [5.74, 6) is 1.20. The molecule has 4 rings (SSSR count). The van der Waals surface area contributed by atoms with Crippen molar-refractivity contribution in [1.29, 1.82) is 0 Å². The van der Waals surface area contributed by atoms with Crippen molar-refractivity contribution < 1.29 is 9.53 Å². The number of aromatic nitrogens is 1. The maximum absolute atomic E-state index is 13.1. The molecule has 0 bridgehead atoms. The summed E-state index contributed by atoms with van der Waals surface area (Å²) in [4.78, 5) is 28.0. The van der Waals surface area contributed by atoms with Gasteiger partial charge < -0.3 is 4.74 Å². The number of methoxy groups -OCH3 is 1. The molecule has 2 aromatic carbocycles. The van der Waals surface area contributed by atoms with Crippen LogP contribution in [0.3, 0.4) is 0 Å². The number of thiazole rings is 1. The van der Waals surface area contributed by atoms with Crippen molar-refractivity contribution in [2.75, 3.05) is 12.0 Å². The first-order valence-corrected chi connectivity index (χ1v) is 10.0. The fourth-order valence-electron chi connectivity index (χ4n) is 3.41. The standard InChI is InChI=1S/C20H17BrN2O3S/c1-22-19-18(27-20(22)25)16(12-4-3-5-13(21)10-12)11-17(24)23(19)14-6-8-15(26-2)9-7-14/h3-10,16H,11H2,1-2H3/t16-/m0/s1. The van der Waals surface area contributed by atoms with Crippen molar-refractivity contribution in [3.05, 3.63) is 73.1 Å². The Bertz CT molecular complexity index is 1070. The van der Waals surface area contributed by atoms with Crippen molar-refractivity contribution in [1.82, 2.24) is 4.57 Å². The van der Waals surface area contributed by atoms with Crippen LogP contribution in [0.1, 0.15) is 22.8 Å². The summed E-state index contributed by atoms with van der Waals surface area (Å²) < 4.78 is 7.72. The van der Waals surface area contributed by atoms with Crippen LogP contribution >= 0.6 is 27.3 Å². The Kier molecular flexibility index (Phi) is 4.65. The second-order valence-electron chi connectivity index (χ2n) is 6.35. The number of benzene rings is 2. The first-order chi connectivity index (χ1) is 13.0. The van der Waals surface area contributed by atoms with Crippen LogP contribution in [0.15, 0.2) is 57.8 Å². The normalized spacial score (nSPS) is 16.3. The minimum atomic E-state index is -0.126. The average molecular weight is 445 g/mol. The molecule has 1 aliphatic rings. The van der Waals surface area contributed by atoms with Crippen LogP contribution in [0.4, 0.5) is 11.5 Å². The van der Waals surface area contributed by atoms with E-state index in [1.165, 1.54) is 11.3 Å². The van der Waals surface area contributed by atoms with Crippen LogP contribution in [-0.4, -0.2) is 17.6 Å². The lowest BCUT2D eigenvalue weighted by Crippen LogP contribution is -2.34. The molecule has 138 valence electrons. The number of halogens is 1. The number of nitrogens with zero attached hydrogens (tertiary/aromatic N) is 2. The van der Waals surface area contributed by atoms with Gasteiger partial charge in [-0.3, -0.25) is 19.1 Å². The Morgan fingerprint density at radius 2 is 1.89 bits per heavy atom. The third-order valence-corrected chi connectivity index (χ3v) is 6.38. The monoisotopic (exact) mass is 444 g/mol.